The summed E-state index contributed by atoms with van der Waals surface area (Å²) in [5.41, 5.74) is 0.828. The number of nitro groups is 1. The molecule has 0 radical (unpaired) electrons. The Balaban J connectivity index is 0.00000169. The zero-order valence-corrected chi connectivity index (χ0v) is 7.64. The third kappa shape index (κ3) is 3.38. The summed E-state index contributed by atoms with van der Waals surface area (Å²) in [6.45, 7) is 0.481. The maximum atomic E-state index is 10.3. The number of aliphatic hydroxyl groups excluding tert-OH is 1. The van der Waals surface area contributed by atoms with Crippen LogP contribution in [0.1, 0.15) is 0 Å². The Morgan fingerprint density at radius 3 is 2.36 bits per heavy atom. The topological polar surface area (TPSA) is 110 Å². The quantitative estimate of drug-likeness (QED) is 0.497. The van der Waals surface area contributed by atoms with E-state index in [0.717, 1.165) is 5.69 Å². The van der Waals surface area contributed by atoms with Gasteiger partial charge in [-0.2, -0.15) is 0 Å². The molecule has 0 heterocycles. The number of non-ortho nitro benzene ring substituents is 1. The maximum Gasteiger partial charge on any atom is 0.269 e. The van der Waals surface area contributed by atoms with E-state index in [4.69, 9.17) is 5.11 Å². The molecule has 6 heteroatoms. The third-order valence-electron chi connectivity index (χ3n) is 1.52. The molecule has 0 saturated heterocycles. The van der Waals surface area contributed by atoms with Crippen LogP contribution in [-0.4, -0.2) is 23.2 Å². The summed E-state index contributed by atoms with van der Waals surface area (Å²) in [6.07, 6.45) is 0. The fourth-order valence-electron chi connectivity index (χ4n) is 0.901. The molecule has 1 aromatic carbocycles. The highest BCUT2D eigenvalue weighted by atomic mass is 16.6. The van der Waals surface area contributed by atoms with Crippen molar-refractivity contribution in [3.05, 3.63) is 34.4 Å². The van der Waals surface area contributed by atoms with Crippen molar-refractivity contribution in [3.8, 4) is 0 Å². The number of anilines is 1. The smallest absolute Gasteiger partial charge is 0.269 e. The first-order valence-corrected chi connectivity index (χ1v) is 3.83. The van der Waals surface area contributed by atoms with Gasteiger partial charge >= 0.3 is 0 Å². The van der Waals surface area contributed by atoms with Crippen molar-refractivity contribution in [1.82, 2.24) is 6.15 Å². The van der Waals surface area contributed by atoms with Crippen molar-refractivity contribution < 1.29 is 10.0 Å². The van der Waals surface area contributed by atoms with Crippen LogP contribution in [-0.2, 0) is 0 Å². The summed E-state index contributed by atoms with van der Waals surface area (Å²) >= 11 is 0. The summed E-state index contributed by atoms with van der Waals surface area (Å²) < 4.78 is 0. The van der Waals surface area contributed by atoms with Gasteiger partial charge in [-0.05, 0) is 12.1 Å². The van der Waals surface area contributed by atoms with Crippen LogP contribution in [0.25, 0.3) is 0 Å². The van der Waals surface area contributed by atoms with Gasteiger partial charge in [0, 0.05) is 24.4 Å². The number of hydrogen-bond acceptors (Lipinski definition) is 5. The van der Waals surface area contributed by atoms with Gasteiger partial charge in [0.1, 0.15) is 0 Å². The average Bonchev–Trinajstić information content (AvgIpc) is 2.15. The molecule has 0 bridgehead atoms. The predicted octanol–water partition coefficient (Wildman–Crippen LogP) is 1.16. The van der Waals surface area contributed by atoms with Gasteiger partial charge in [0.05, 0.1) is 11.5 Å². The van der Waals surface area contributed by atoms with Gasteiger partial charge in [0.15, 0.2) is 0 Å². The van der Waals surface area contributed by atoms with Gasteiger partial charge in [-0.3, -0.25) is 10.1 Å². The molecule has 0 aliphatic carbocycles. The molecule has 0 aliphatic rings. The first kappa shape index (κ1) is 12.3. The van der Waals surface area contributed by atoms with Gasteiger partial charge in [-0.15, -0.1) is 0 Å². The van der Waals surface area contributed by atoms with Crippen molar-refractivity contribution in [2.24, 2.45) is 0 Å². The van der Waals surface area contributed by atoms with Gasteiger partial charge in [-0.25, -0.2) is 0 Å². The number of benzene rings is 1. The van der Waals surface area contributed by atoms with Crippen LogP contribution >= 0.6 is 0 Å². The molecule has 6 nitrogen and oxygen atoms in total. The van der Waals surface area contributed by atoms with Crippen LogP contribution in [0.5, 0.6) is 0 Å². The van der Waals surface area contributed by atoms with E-state index >= 15 is 0 Å². The molecule has 78 valence electrons. The molecule has 1 aromatic rings. The molecule has 0 amide bonds. The van der Waals surface area contributed by atoms with E-state index in [2.05, 4.69) is 5.32 Å². The Kier molecular flexibility index (Phi) is 5.20. The largest absolute Gasteiger partial charge is 0.395 e. The maximum absolute atomic E-state index is 10.3. The number of nitrogens with one attached hydrogen (secondary N) is 1. The SMILES string of the molecule is N.O=[N+]([O-])c1ccc(NCCO)cc1. The fraction of sp³-hybridized carbons (Fsp3) is 0.250. The van der Waals surface area contributed by atoms with Crippen LogP contribution in [0.4, 0.5) is 11.4 Å². The van der Waals surface area contributed by atoms with Gasteiger partial charge in [-0.1, -0.05) is 0 Å². The van der Waals surface area contributed by atoms with Gasteiger partial charge in [0.25, 0.3) is 5.69 Å². The molecule has 5 N–H and O–H groups in total. The molecule has 14 heavy (non-hydrogen) atoms. The lowest BCUT2D eigenvalue weighted by atomic mass is 10.3. The first-order valence-electron chi connectivity index (χ1n) is 3.83. The molecule has 0 aliphatic heterocycles. The average molecular weight is 199 g/mol. The predicted molar refractivity (Wildman–Crippen MR) is 53.7 cm³/mol. The highest BCUT2D eigenvalue weighted by Crippen LogP contribution is 2.14. The molecule has 0 atom stereocenters. The monoisotopic (exact) mass is 199 g/mol. The number of aliphatic hydroxyl groups is 1. The Hall–Kier alpha value is -1.66. The minimum absolute atomic E-state index is 0. The van der Waals surface area contributed by atoms with Crippen molar-refractivity contribution in [3.63, 3.8) is 0 Å². The number of nitrogens with zero attached hydrogens (tertiary/aromatic N) is 1. The highest BCUT2D eigenvalue weighted by molar-refractivity contribution is 5.48. The third-order valence-corrected chi connectivity index (χ3v) is 1.52. The van der Waals surface area contributed by atoms with E-state index in [9.17, 15) is 10.1 Å². The lowest BCUT2D eigenvalue weighted by molar-refractivity contribution is -0.384. The number of nitro benzene ring substituents is 1. The van der Waals surface area contributed by atoms with E-state index in [1.54, 1.807) is 12.1 Å². The van der Waals surface area contributed by atoms with E-state index in [1.165, 1.54) is 12.1 Å². The molecular formula is C8H13N3O3. The lowest BCUT2D eigenvalue weighted by Crippen LogP contribution is -2.04. The van der Waals surface area contributed by atoms with E-state index in [0.29, 0.717) is 6.54 Å². The highest BCUT2D eigenvalue weighted by Gasteiger charge is 2.02. The van der Waals surface area contributed by atoms with Gasteiger partial charge in [0.2, 0.25) is 0 Å². The van der Waals surface area contributed by atoms with Gasteiger partial charge < -0.3 is 16.6 Å². The Bertz CT molecular complexity index is 286. The molecular weight excluding hydrogens is 186 g/mol. The zero-order valence-electron chi connectivity index (χ0n) is 7.64. The van der Waals surface area contributed by atoms with Crippen molar-refractivity contribution in [2.75, 3.05) is 18.5 Å². The van der Waals surface area contributed by atoms with Crippen LogP contribution in [0, 0.1) is 10.1 Å². The zero-order chi connectivity index (χ0) is 9.68. The minimum Gasteiger partial charge on any atom is -0.395 e. The molecule has 0 saturated carbocycles. The summed E-state index contributed by atoms with van der Waals surface area (Å²) in [7, 11) is 0. The molecule has 1 rings (SSSR count). The lowest BCUT2D eigenvalue weighted by Gasteiger charge is -2.02. The minimum atomic E-state index is -0.449. The summed E-state index contributed by atoms with van der Waals surface area (Å²) in [5, 5.41) is 21.7. The van der Waals surface area contributed by atoms with Crippen LogP contribution < -0.4 is 11.5 Å². The van der Waals surface area contributed by atoms with Crippen molar-refractivity contribution in [1.29, 1.82) is 0 Å². The number of rotatable bonds is 4. The van der Waals surface area contributed by atoms with E-state index in [-0.39, 0.29) is 18.4 Å². The standard InChI is InChI=1S/C8H10N2O3.H3N/c11-6-5-9-7-1-3-8(4-2-7)10(12)13;/h1-4,9,11H,5-6H2;1H3. The second kappa shape index (κ2) is 5.90. The summed E-state index contributed by atoms with van der Waals surface area (Å²) in [4.78, 5) is 9.82. The Morgan fingerprint density at radius 2 is 1.93 bits per heavy atom. The van der Waals surface area contributed by atoms with Crippen LogP contribution in [0.2, 0.25) is 0 Å². The molecule has 0 unspecified atom stereocenters. The molecule has 0 aromatic heterocycles. The van der Waals surface area contributed by atoms with E-state index < -0.39 is 4.92 Å². The van der Waals surface area contributed by atoms with Crippen molar-refractivity contribution >= 4 is 11.4 Å². The van der Waals surface area contributed by atoms with Crippen LogP contribution in [0.3, 0.4) is 0 Å². The van der Waals surface area contributed by atoms with Crippen molar-refractivity contribution in [2.45, 2.75) is 0 Å². The molecule has 0 spiro atoms. The second-order valence-corrected chi connectivity index (χ2v) is 2.45. The Morgan fingerprint density at radius 1 is 1.36 bits per heavy atom. The summed E-state index contributed by atoms with van der Waals surface area (Å²) in [6, 6.07) is 6.04. The van der Waals surface area contributed by atoms with Crippen LogP contribution in [0.15, 0.2) is 24.3 Å². The van der Waals surface area contributed by atoms with E-state index in [1.807, 2.05) is 0 Å². The molecule has 0 fully saturated rings. The number of hydrogen-bond donors (Lipinski definition) is 3. The summed E-state index contributed by atoms with van der Waals surface area (Å²) in [5.74, 6) is 0. The Labute approximate surface area is 81.3 Å². The second-order valence-electron chi connectivity index (χ2n) is 2.45. The normalized spacial score (nSPS) is 8.93. The first-order chi connectivity index (χ1) is 6.24. The fourth-order valence-corrected chi connectivity index (χ4v) is 0.901.